The van der Waals surface area contributed by atoms with Crippen LogP contribution in [0.2, 0.25) is 5.02 Å². The minimum absolute atomic E-state index is 0.0952. The lowest BCUT2D eigenvalue weighted by molar-refractivity contribution is 0.513. The first-order valence-electron chi connectivity index (χ1n) is 7.34. The molecule has 3 heteroatoms. The van der Waals surface area contributed by atoms with Gasteiger partial charge in [0.25, 0.3) is 0 Å². The van der Waals surface area contributed by atoms with Gasteiger partial charge in [0.2, 0.25) is 0 Å². The predicted octanol–water partition coefficient (Wildman–Crippen LogP) is 5.07. The number of hydrogen-bond donors (Lipinski definition) is 1. The summed E-state index contributed by atoms with van der Waals surface area (Å²) < 4.78 is 14.0. The summed E-state index contributed by atoms with van der Waals surface area (Å²) in [5.41, 5.74) is 3.04. The minimum Gasteiger partial charge on any atom is -0.310 e. The standard InChI is InChI=1S/C18H21ClFN/c1-3-9-21-18(14-6-4-5-13(2)10-14)12-15-11-16(19)7-8-17(15)20/h4-8,10-11,18,21H,3,9,12H2,1-2H3. The van der Waals surface area contributed by atoms with E-state index in [0.717, 1.165) is 13.0 Å². The Morgan fingerprint density at radius 2 is 2.00 bits per heavy atom. The number of hydrogen-bond acceptors (Lipinski definition) is 1. The van der Waals surface area contributed by atoms with Gasteiger partial charge in [0.1, 0.15) is 5.82 Å². The number of benzene rings is 2. The first kappa shape index (κ1) is 16.0. The van der Waals surface area contributed by atoms with E-state index in [9.17, 15) is 4.39 Å². The fourth-order valence-electron chi connectivity index (χ4n) is 2.43. The third kappa shape index (κ3) is 4.55. The van der Waals surface area contributed by atoms with Crippen molar-refractivity contribution in [2.75, 3.05) is 6.54 Å². The third-order valence-electron chi connectivity index (χ3n) is 3.52. The molecular formula is C18H21ClFN. The van der Waals surface area contributed by atoms with Crippen molar-refractivity contribution < 1.29 is 4.39 Å². The first-order chi connectivity index (χ1) is 10.1. The van der Waals surface area contributed by atoms with Crippen LogP contribution in [0.3, 0.4) is 0 Å². The van der Waals surface area contributed by atoms with Gasteiger partial charge in [-0.2, -0.15) is 0 Å². The van der Waals surface area contributed by atoms with E-state index in [2.05, 4.69) is 37.4 Å². The fourth-order valence-corrected chi connectivity index (χ4v) is 2.63. The summed E-state index contributed by atoms with van der Waals surface area (Å²) in [6, 6.07) is 13.2. The van der Waals surface area contributed by atoms with Gasteiger partial charge >= 0.3 is 0 Å². The summed E-state index contributed by atoms with van der Waals surface area (Å²) in [5.74, 6) is -0.199. The molecule has 1 N–H and O–H groups in total. The highest BCUT2D eigenvalue weighted by Gasteiger charge is 2.14. The zero-order valence-corrected chi connectivity index (χ0v) is 13.3. The zero-order valence-electron chi connectivity index (χ0n) is 12.5. The molecule has 2 rings (SSSR count). The number of rotatable bonds is 6. The van der Waals surface area contributed by atoms with E-state index >= 15 is 0 Å². The summed E-state index contributed by atoms with van der Waals surface area (Å²) in [6.45, 7) is 5.10. The molecule has 0 saturated carbocycles. The summed E-state index contributed by atoms with van der Waals surface area (Å²) >= 11 is 5.99. The average Bonchev–Trinajstić information content (AvgIpc) is 2.47. The van der Waals surface area contributed by atoms with Crippen molar-refractivity contribution in [3.05, 3.63) is 70.0 Å². The second-order valence-electron chi connectivity index (χ2n) is 5.36. The fraction of sp³-hybridized carbons (Fsp3) is 0.333. The molecule has 1 unspecified atom stereocenters. The maximum Gasteiger partial charge on any atom is 0.126 e. The number of halogens is 2. The van der Waals surface area contributed by atoms with Crippen LogP contribution in [0.25, 0.3) is 0 Å². The van der Waals surface area contributed by atoms with E-state index in [1.807, 2.05) is 6.07 Å². The lowest BCUT2D eigenvalue weighted by Gasteiger charge is -2.20. The van der Waals surface area contributed by atoms with E-state index in [1.165, 1.54) is 17.2 Å². The highest BCUT2D eigenvalue weighted by molar-refractivity contribution is 6.30. The molecule has 0 aliphatic rings. The molecule has 0 amide bonds. The van der Waals surface area contributed by atoms with E-state index in [4.69, 9.17) is 11.6 Å². The van der Waals surface area contributed by atoms with Crippen molar-refractivity contribution in [3.63, 3.8) is 0 Å². The quantitative estimate of drug-likeness (QED) is 0.785. The van der Waals surface area contributed by atoms with Crippen LogP contribution in [0.1, 0.15) is 36.1 Å². The maximum absolute atomic E-state index is 14.0. The minimum atomic E-state index is -0.199. The van der Waals surface area contributed by atoms with Gasteiger partial charge in [-0.05, 0) is 55.6 Å². The molecule has 1 nitrogen and oxygen atoms in total. The Morgan fingerprint density at radius 3 is 2.71 bits per heavy atom. The van der Waals surface area contributed by atoms with Crippen LogP contribution in [0.15, 0.2) is 42.5 Å². The van der Waals surface area contributed by atoms with Crippen molar-refractivity contribution in [1.82, 2.24) is 5.32 Å². The van der Waals surface area contributed by atoms with Crippen molar-refractivity contribution in [2.24, 2.45) is 0 Å². The maximum atomic E-state index is 14.0. The van der Waals surface area contributed by atoms with Gasteiger partial charge < -0.3 is 5.32 Å². The molecule has 21 heavy (non-hydrogen) atoms. The smallest absolute Gasteiger partial charge is 0.126 e. The molecule has 0 bridgehead atoms. The van der Waals surface area contributed by atoms with Crippen LogP contribution in [-0.2, 0) is 6.42 Å². The van der Waals surface area contributed by atoms with E-state index in [0.29, 0.717) is 17.0 Å². The Kier molecular flexibility index (Phi) is 5.77. The van der Waals surface area contributed by atoms with Gasteiger partial charge in [0, 0.05) is 11.1 Å². The molecule has 0 heterocycles. The molecule has 0 aliphatic carbocycles. The lowest BCUT2D eigenvalue weighted by Crippen LogP contribution is -2.24. The lowest BCUT2D eigenvalue weighted by atomic mass is 9.97. The number of nitrogens with one attached hydrogen (secondary N) is 1. The second kappa shape index (κ2) is 7.58. The summed E-state index contributed by atoms with van der Waals surface area (Å²) in [4.78, 5) is 0. The molecule has 0 fully saturated rings. The second-order valence-corrected chi connectivity index (χ2v) is 5.80. The average molecular weight is 306 g/mol. The Morgan fingerprint density at radius 1 is 1.19 bits per heavy atom. The van der Waals surface area contributed by atoms with Crippen LogP contribution in [0.5, 0.6) is 0 Å². The Balaban J connectivity index is 2.25. The monoisotopic (exact) mass is 305 g/mol. The molecular weight excluding hydrogens is 285 g/mol. The van der Waals surface area contributed by atoms with E-state index < -0.39 is 0 Å². The summed E-state index contributed by atoms with van der Waals surface area (Å²) in [5, 5.41) is 4.07. The van der Waals surface area contributed by atoms with Crippen molar-refractivity contribution in [2.45, 2.75) is 32.7 Å². The van der Waals surface area contributed by atoms with Gasteiger partial charge in [0.15, 0.2) is 0 Å². The highest BCUT2D eigenvalue weighted by atomic mass is 35.5. The van der Waals surface area contributed by atoms with Crippen LogP contribution in [0.4, 0.5) is 4.39 Å². The molecule has 0 spiro atoms. The van der Waals surface area contributed by atoms with Gasteiger partial charge in [-0.1, -0.05) is 48.4 Å². The van der Waals surface area contributed by atoms with Crippen molar-refractivity contribution >= 4 is 11.6 Å². The third-order valence-corrected chi connectivity index (χ3v) is 3.75. The molecule has 2 aromatic carbocycles. The van der Waals surface area contributed by atoms with E-state index in [1.54, 1.807) is 12.1 Å². The normalized spacial score (nSPS) is 12.4. The Hall–Kier alpha value is -1.38. The Labute approximate surface area is 131 Å². The van der Waals surface area contributed by atoms with Crippen molar-refractivity contribution in [3.8, 4) is 0 Å². The van der Waals surface area contributed by atoms with Crippen LogP contribution in [-0.4, -0.2) is 6.54 Å². The molecule has 0 saturated heterocycles. The van der Waals surface area contributed by atoms with E-state index in [-0.39, 0.29) is 11.9 Å². The summed E-state index contributed by atoms with van der Waals surface area (Å²) in [6.07, 6.45) is 1.64. The van der Waals surface area contributed by atoms with Gasteiger partial charge in [-0.3, -0.25) is 0 Å². The topological polar surface area (TPSA) is 12.0 Å². The van der Waals surface area contributed by atoms with Crippen molar-refractivity contribution in [1.29, 1.82) is 0 Å². The van der Waals surface area contributed by atoms with Gasteiger partial charge in [-0.25, -0.2) is 4.39 Å². The van der Waals surface area contributed by atoms with Crippen LogP contribution >= 0.6 is 11.6 Å². The molecule has 0 aliphatic heterocycles. The first-order valence-corrected chi connectivity index (χ1v) is 7.72. The molecule has 0 radical (unpaired) electrons. The zero-order chi connectivity index (χ0) is 15.2. The Bertz CT molecular complexity index is 598. The van der Waals surface area contributed by atoms with Gasteiger partial charge in [0.05, 0.1) is 0 Å². The molecule has 112 valence electrons. The number of aryl methyl sites for hydroxylation is 1. The van der Waals surface area contributed by atoms with Gasteiger partial charge in [-0.15, -0.1) is 0 Å². The van der Waals surface area contributed by atoms with Crippen LogP contribution in [0, 0.1) is 12.7 Å². The summed E-state index contributed by atoms with van der Waals surface area (Å²) in [7, 11) is 0. The van der Waals surface area contributed by atoms with Crippen LogP contribution < -0.4 is 5.32 Å². The SMILES string of the molecule is CCCNC(Cc1cc(Cl)ccc1F)c1cccc(C)c1. The predicted molar refractivity (Wildman–Crippen MR) is 87.3 cm³/mol. The molecule has 0 aromatic heterocycles. The highest BCUT2D eigenvalue weighted by Crippen LogP contribution is 2.23. The molecule has 2 aromatic rings. The largest absolute Gasteiger partial charge is 0.310 e. The molecule has 1 atom stereocenters.